The summed E-state index contributed by atoms with van der Waals surface area (Å²) in [4.78, 5) is 0. The van der Waals surface area contributed by atoms with Crippen LogP contribution in [0.2, 0.25) is 0 Å². The summed E-state index contributed by atoms with van der Waals surface area (Å²) in [5.41, 5.74) is 0. The zero-order valence-corrected chi connectivity index (χ0v) is 6.28. The molecule has 0 aromatic carbocycles. The van der Waals surface area contributed by atoms with Gasteiger partial charge in [-0.1, -0.05) is 0 Å². The Bertz CT molecular complexity index is 72.1. The number of hydrogen-bond acceptors (Lipinski definition) is 4. The highest BCUT2D eigenvalue weighted by Crippen LogP contribution is 1.96. The summed E-state index contributed by atoms with van der Waals surface area (Å²) in [6, 6.07) is 0. The molecule has 0 aliphatic rings. The molecule has 0 bridgehead atoms. The normalized spacial score (nSPS) is 16.8. The van der Waals surface area contributed by atoms with E-state index < -0.39 is 12.2 Å². The Hall–Kier alpha value is -0.160. The summed E-state index contributed by atoms with van der Waals surface area (Å²) in [6.45, 7) is -0.0138. The van der Waals surface area contributed by atoms with Crippen LogP contribution in [0.25, 0.3) is 0 Å². The monoisotopic (exact) mass is 150 g/mol. The molecular formula is C6H14O4. The first-order valence-corrected chi connectivity index (χ1v) is 3.07. The lowest BCUT2D eigenvalue weighted by molar-refractivity contribution is -0.0676. The Morgan fingerprint density at radius 3 is 2.30 bits per heavy atom. The first-order chi connectivity index (χ1) is 4.76. The van der Waals surface area contributed by atoms with E-state index in [1.807, 2.05) is 0 Å². The molecule has 0 aliphatic carbocycles. The molecule has 2 N–H and O–H groups in total. The van der Waals surface area contributed by atoms with Crippen molar-refractivity contribution >= 4 is 0 Å². The van der Waals surface area contributed by atoms with E-state index in [0.29, 0.717) is 0 Å². The molecule has 0 heterocycles. The van der Waals surface area contributed by atoms with Crippen molar-refractivity contribution in [1.82, 2.24) is 0 Å². The highest BCUT2D eigenvalue weighted by molar-refractivity contribution is 4.65. The SMILES string of the molecule is COCC(O)C(CO)OC. The van der Waals surface area contributed by atoms with Gasteiger partial charge >= 0.3 is 0 Å². The number of aliphatic hydroxyl groups is 2. The van der Waals surface area contributed by atoms with Crippen LogP contribution in [0, 0.1) is 0 Å². The predicted molar refractivity (Wildman–Crippen MR) is 35.8 cm³/mol. The summed E-state index contributed by atoms with van der Waals surface area (Å²) in [5.74, 6) is 0. The van der Waals surface area contributed by atoms with Gasteiger partial charge in [0.15, 0.2) is 0 Å². The quantitative estimate of drug-likeness (QED) is 0.528. The first kappa shape index (κ1) is 9.84. The Balaban J connectivity index is 3.53. The van der Waals surface area contributed by atoms with Crippen LogP contribution in [-0.2, 0) is 9.47 Å². The average molecular weight is 150 g/mol. The molecule has 4 heteroatoms. The summed E-state index contributed by atoms with van der Waals surface area (Å²) >= 11 is 0. The van der Waals surface area contributed by atoms with Crippen LogP contribution in [0.15, 0.2) is 0 Å². The third-order valence-electron chi connectivity index (χ3n) is 1.25. The standard InChI is InChI=1S/C6H14O4/c1-9-4-5(8)6(3-7)10-2/h5-8H,3-4H2,1-2H3. The topological polar surface area (TPSA) is 58.9 Å². The lowest BCUT2D eigenvalue weighted by Crippen LogP contribution is -2.34. The van der Waals surface area contributed by atoms with Crippen LogP contribution in [0.1, 0.15) is 0 Å². The zero-order valence-electron chi connectivity index (χ0n) is 6.28. The highest BCUT2D eigenvalue weighted by atomic mass is 16.5. The minimum absolute atomic E-state index is 0.180. The molecule has 0 fully saturated rings. The number of aliphatic hydroxyl groups excluding tert-OH is 2. The van der Waals surface area contributed by atoms with E-state index in [-0.39, 0.29) is 13.2 Å². The molecule has 0 aromatic rings. The van der Waals surface area contributed by atoms with E-state index >= 15 is 0 Å². The van der Waals surface area contributed by atoms with Crippen molar-refractivity contribution in [2.24, 2.45) is 0 Å². The van der Waals surface area contributed by atoms with Gasteiger partial charge in [0, 0.05) is 14.2 Å². The average Bonchev–Trinajstić information content (AvgIpc) is 1.91. The predicted octanol–water partition coefficient (Wildman–Crippen LogP) is -0.999. The minimum atomic E-state index is -0.750. The molecule has 10 heavy (non-hydrogen) atoms. The van der Waals surface area contributed by atoms with E-state index in [2.05, 4.69) is 4.74 Å². The van der Waals surface area contributed by atoms with Gasteiger partial charge in [-0.15, -0.1) is 0 Å². The maximum absolute atomic E-state index is 9.10. The van der Waals surface area contributed by atoms with Crippen molar-refractivity contribution in [2.45, 2.75) is 12.2 Å². The van der Waals surface area contributed by atoms with Crippen molar-refractivity contribution in [1.29, 1.82) is 0 Å². The molecule has 4 nitrogen and oxygen atoms in total. The fourth-order valence-electron chi connectivity index (χ4n) is 0.631. The highest BCUT2D eigenvalue weighted by Gasteiger charge is 2.16. The van der Waals surface area contributed by atoms with Gasteiger partial charge in [0.05, 0.1) is 13.2 Å². The summed E-state index contributed by atoms with van der Waals surface area (Å²) in [5, 5.41) is 17.7. The van der Waals surface area contributed by atoms with Crippen LogP contribution in [-0.4, -0.2) is 49.9 Å². The molecule has 0 saturated heterocycles. The van der Waals surface area contributed by atoms with Crippen molar-refractivity contribution in [3.63, 3.8) is 0 Å². The zero-order chi connectivity index (χ0) is 7.98. The fourth-order valence-corrected chi connectivity index (χ4v) is 0.631. The third-order valence-corrected chi connectivity index (χ3v) is 1.25. The maximum atomic E-state index is 9.10. The summed E-state index contributed by atoms with van der Waals surface area (Å²) in [6.07, 6.45) is -1.29. The Morgan fingerprint density at radius 2 is 2.00 bits per heavy atom. The van der Waals surface area contributed by atoms with Gasteiger partial charge in [0.1, 0.15) is 12.2 Å². The van der Waals surface area contributed by atoms with Crippen LogP contribution in [0.5, 0.6) is 0 Å². The number of hydrogen-bond donors (Lipinski definition) is 2. The lowest BCUT2D eigenvalue weighted by atomic mass is 10.2. The van der Waals surface area contributed by atoms with Crippen LogP contribution >= 0.6 is 0 Å². The van der Waals surface area contributed by atoms with Crippen LogP contribution in [0.3, 0.4) is 0 Å². The van der Waals surface area contributed by atoms with Gasteiger partial charge < -0.3 is 19.7 Å². The first-order valence-electron chi connectivity index (χ1n) is 3.07. The molecule has 0 aromatic heterocycles. The lowest BCUT2D eigenvalue weighted by Gasteiger charge is -2.17. The molecule has 0 saturated carbocycles. The van der Waals surface area contributed by atoms with E-state index in [4.69, 9.17) is 14.9 Å². The molecule has 0 aliphatic heterocycles. The molecule has 0 radical (unpaired) electrons. The van der Waals surface area contributed by atoms with Gasteiger partial charge in [-0.3, -0.25) is 0 Å². The van der Waals surface area contributed by atoms with Gasteiger partial charge in [-0.05, 0) is 0 Å². The second-order valence-electron chi connectivity index (χ2n) is 1.98. The molecule has 0 amide bonds. The van der Waals surface area contributed by atoms with Crippen molar-refractivity contribution < 1.29 is 19.7 Å². The number of ether oxygens (including phenoxy) is 2. The smallest absolute Gasteiger partial charge is 0.108 e. The Labute approximate surface area is 60.4 Å². The van der Waals surface area contributed by atoms with Crippen molar-refractivity contribution in [3.8, 4) is 0 Å². The largest absolute Gasteiger partial charge is 0.394 e. The number of methoxy groups -OCH3 is 2. The second-order valence-corrected chi connectivity index (χ2v) is 1.98. The molecule has 62 valence electrons. The van der Waals surface area contributed by atoms with Crippen LogP contribution in [0.4, 0.5) is 0 Å². The number of rotatable bonds is 5. The van der Waals surface area contributed by atoms with E-state index in [1.165, 1.54) is 14.2 Å². The second kappa shape index (κ2) is 5.61. The van der Waals surface area contributed by atoms with Gasteiger partial charge in [-0.2, -0.15) is 0 Å². The summed E-state index contributed by atoms with van der Waals surface area (Å²) < 4.78 is 9.38. The molecule has 0 rings (SSSR count). The Kier molecular flexibility index (Phi) is 5.52. The van der Waals surface area contributed by atoms with Gasteiger partial charge in [0.25, 0.3) is 0 Å². The Morgan fingerprint density at radius 1 is 1.40 bits per heavy atom. The third kappa shape index (κ3) is 3.12. The van der Waals surface area contributed by atoms with Crippen molar-refractivity contribution in [3.05, 3.63) is 0 Å². The minimum Gasteiger partial charge on any atom is -0.394 e. The molecular weight excluding hydrogens is 136 g/mol. The van der Waals surface area contributed by atoms with Crippen LogP contribution < -0.4 is 0 Å². The molecule has 2 atom stereocenters. The maximum Gasteiger partial charge on any atom is 0.108 e. The van der Waals surface area contributed by atoms with E-state index in [9.17, 15) is 0 Å². The summed E-state index contributed by atoms with van der Waals surface area (Å²) in [7, 11) is 2.91. The fraction of sp³-hybridized carbons (Fsp3) is 1.00. The molecule has 2 unspecified atom stereocenters. The molecule has 0 spiro atoms. The van der Waals surface area contributed by atoms with Gasteiger partial charge in [-0.25, -0.2) is 0 Å². The van der Waals surface area contributed by atoms with Gasteiger partial charge in [0.2, 0.25) is 0 Å². The van der Waals surface area contributed by atoms with E-state index in [1.54, 1.807) is 0 Å². The van der Waals surface area contributed by atoms with E-state index in [0.717, 1.165) is 0 Å². The van der Waals surface area contributed by atoms with Crippen molar-refractivity contribution in [2.75, 3.05) is 27.4 Å².